The van der Waals surface area contributed by atoms with Gasteiger partial charge in [0, 0.05) is 36.0 Å². The third-order valence-corrected chi connectivity index (χ3v) is 6.77. The Kier molecular flexibility index (Phi) is 7.37. The fourth-order valence-electron chi connectivity index (χ4n) is 4.87. The van der Waals surface area contributed by atoms with Crippen molar-refractivity contribution in [3.8, 4) is 6.07 Å². The summed E-state index contributed by atoms with van der Waals surface area (Å²) in [5.74, 6) is -0.151. The van der Waals surface area contributed by atoms with Crippen LogP contribution in [0, 0.1) is 17.2 Å². The van der Waals surface area contributed by atoms with Crippen molar-refractivity contribution >= 4 is 28.7 Å². The normalized spacial score (nSPS) is 21.2. The topological polar surface area (TPSA) is 115 Å². The van der Waals surface area contributed by atoms with Crippen LogP contribution in [0.2, 0.25) is 0 Å². The molecule has 9 nitrogen and oxygen atoms in total. The number of carbonyl (C=O) groups is 2. The van der Waals surface area contributed by atoms with Crippen LogP contribution in [0.15, 0.2) is 18.2 Å². The number of nitrogens with one attached hydrogen (secondary N) is 3. The number of fused-ring (bicyclic) bond motifs is 1. The Balaban J connectivity index is 1.39. The summed E-state index contributed by atoms with van der Waals surface area (Å²) in [5.41, 5.74) is -1.26. The molecule has 1 aliphatic heterocycles. The summed E-state index contributed by atoms with van der Waals surface area (Å²) in [6, 6.07) is 5.20. The van der Waals surface area contributed by atoms with Gasteiger partial charge in [-0.3, -0.25) is 9.69 Å². The molecule has 2 aliphatic rings. The van der Waals surface area contributed by atoms with Gasteiger partial charge in [-0.05, 0) is 64.7 Å². The quantitative estimate of drug-likeness (QED) is 0.555. The first-order valence-electron chi connectivity index (χ1n) is 12.4. The van der Waals surface area contributed by atoms with Crippen molar-refractivity contribution in [3.05, 3.63) is 23.8 Å². The summed E-state index contributed by atoms with van der Waals surface area (Å²) in [5, 5.41) is 21.8. The smallest absolute Gasteiger partial charge is 0.359 e. The van der Waals surface area contributed by atoms with E-state index >= 15 is 0 Å². The van der Waals surface area contributed by atoms with Gasteiger partial charge in [0.2, 0.25) is 5.91 Å². The number of aromatic nitrogens is 2. The number of halogens is 3. The lowest BCUT2D eigenvalue weighted by Gasteiger charge is -2.46. The predicted molar refractivity (Wildman–Crippen MR) is 132 cm³/mol. The second-order valence-electron chi connectivity index (χ2n) is 10.9. The monoisotopic (exact) mass is 519 g/mol. The standard InChI is InChI=1S/C25H32F3N7O2/c1-24(2,3)32-23(37)35-20-9-6-16(25(26,27)28)10-19(20)22(33-35)30-12-21(36)31-17-13-34(14-17)18-7-4-15(11-29)5-8-18/h6,9-10,15,17-18H,4-5,7-8,12-14H2,1-3H3,(H,30,33)(H,31,36)(H,32,37)/t15-,18+. The molecular weight excluding hydrogens is 487 g/mol. The maximum absolute atomic E-state index is 13.3. The number of rotatable bonds is 5. The van der Waals surface area contributed by atoms with Crippen molar-refractivity contribution in [1.82, 2.24) is 25.3 Å². The van der Waals surface area contributed by atoms with E-state index in [-0.39, 0.29) is 41.1 Å². The van der Waals surface area contributed by atoms with Crippen molar-refractivity contribution in [2.75, 3.05) is 25.0 Å². The van der Waals surface area contributed by atoms with Crippen molar-refractivity contribution in [2.45, 2.75) is 70.3 Å². The van der Waals surface area contributed by atoms with Gasteiger partial charge in [-0.2, -0.15) is 23.1 Å². The van der Waals surface area contributed by atoms with Crippen molar-refractivity contribution in [1.29, 1.82) is 5.26 Å². The summed E-state index contributed by atoms with van der Waals surface area (Å²) < 4.78 is 41.0. The van der Waals surface area contributed by atoms with Crippen LogP contribution in [0.25, 0.3) is 10.9 Å². The van der Waals surface area contributed by atoms with Gasteiger partial charge in [-0.25, -0.2) is 4.79 Å². The van der Waals surface area contributed by atoms with Gasteiger partial charge in [0.15, 0.2) is 5.82 Å². The lowest BCUT2D eigenvalue weighted by Crippen LogP contribution is -2.63. The number of carbonyl (C=O) groups excluding carboxylic acids is 2. The van der Waals surface area contributed by atoms with Crippen molar-refractivity contribution in [3.63, 3.8) is 0 Å². The Morgan fingerprint density at radius 3 is 2.41 bits per heavy atom. The number of amides is 2. The number of anilines is 1. The zero-order valence-corrected chi connectivity index (χ0v) is 21.2. The average molecular weight is 520 g/mol. The number of likely N-dealkylation sites (tertiary alicyclic amines) is 1. The van der Waals surface area contributed by atoms with Crippen LogP contribution in [0.5, 0.6) is 0 Å². The summed E-state index contributed by atoms with van der Waals surface area (Å²) in [6.07, 6.45) is -0.785. The number of hydrogen-bond acceptors (Lipinski definition) is 6. The van der Waals surface area contributed by atoms with Gasteiger partial charge in [-0.1, -0.05) is 0 Å². The molecule has 1 aliphatic carbocycles. The van der Waals surface area contributed by atoms with Gasteiger partial charge >= 0.3 is 12.2 Å². The highest BCUT2D eigenvalue weighted by atomic mass is 19.4. The van der Waals surface area contributed by atoms with E-state index in [4.69, 9.17) is 5.26 Å². The van der Waals surface area contributed by atoms with E-state index in [2.05, 4.69) is 32.0 Å². The van der Waals surface area contributed by atoms with Crippen LogP contribution in [0.3, 0.4) is 0 Å². The molecule has 1 aromatic carbocycles. The second-order valence-corrected chi connectivity index (χ2v) is 10.9. The van der Waals surface area contributed by atoms with Crippen LogP contribution < -0.4 is 16.0 Å². The summed E-state index contributed by atoms with van der Waals surface area (Å²) in [6.45, 7) is 6.59. The fourth-order valence-corrected chi connectivity index (χ4v) is 4.87. The maximum atomic E-state index is 13.3. The van der Waals surface area contributed by atoms with Crippen molar-refractivity contribution in [2.24, 2.45) is 5.92 Å². The number of nitriles is 1. The van der Waals surface area contributed by atoms with Gasteiger partial charge in [0.25, 0.3) is 0 Å². The minimum atomic E-state index is -4.57. The molecule has 1 saturated heterocycles. The van der Waals surface area contributed by atoms with Gasteiger partial charge in [0.05, 0.1) is 29.7 Å². The van der Waals surface area contributed by atoms with E-state index in [1.165, 1.54) is 6.07 Å². The predicted octanol–water partition coefficient (Wildman–Crippen LogP) is 3.71. The Bertz CT molecular complexity index is 1200. The van der Waals surface area contributed by atoms with E-state index in [0.29, 0.717) is 6.04 Å². The highest BCUT2D eigenvalue weighted by Gasteiger charge is 2.35. The second kappa shape index (κ2) is 10.2. The molecule has 1 aromatic heterocycles. The number of hydrogen-bond donors (Lipinski definition) is 3. The Morgan fingerprint density at radius 1 is 1.14 bits per heavy atom. The minimum Gasteiger partial charge on any atom is -0.359 e. The van der Waals surface area contributed by atoms with Gasteiger partial charge in [-0.15, -0.1) is 5.10 Å². The fraction of sp³-hybridized carbons (Fsp3) is 0.600. The van der Waals surface area contributed by atoms with Crippen LogP contribution in [-0.4, -0.2) is 63.9 Å². The maximum Gasteiger partial charge on any atom is 0.416 e. The number of nitrogens with zero attached hydrogens (tertiary/aromatic N) is 4. The van der Waals surface area contributed by atoms with E-state index in [1.54, 1.807) is 20.8 Å². The number of benzene rings is 1. The van der Waals surface area contributed by atoms with E-state index in [0.717, 1.165) is 55.6 Å². The zero-order chi connectivity index (χ0) is 27.0. The molecule has 4 rings (SSSR count). The molecule has 0 atom stereocenters. The van der Waals surface area contributed by atoms with Crippen LogP contribution in [0.1, 0.15) is 52.0 Å². The molecule has 37 heavy (non-hydrogen) atoms. The van der Waals surface area contributed by atoms with E-state index in [1.807, 2.05) is 0 Å². The van der Waals surface area contributed by atoms with Crippen LogP contribution in [0.4, 0.5) is 23.8 Å². The molecule has 0 spiro atoms. The summed E-state index contributed by atoms with van der Waals surface area (Å²) in [7, 11) is 0. The zero-order valence-electron chi connectivity index (χ0n) is 21.2. The number of alkyl halides is 3. The average Bonchev–Trinajstić information content (AvgIpc) is 3.16. The molecule has 2 amide bonds. The molecular formula is C25H32F3N7O2. The lowest BCUT2D eigenvalue weighted by molar-refractivity contribution is -0.137. The van der Waals surface area contributed by atoms with Crippen LogP contribution >= 0.6 is 0 Å². The molecule has 0 unspecified atom stereocenters. The molecule has 1 saturated carbocycles. The Morgan fingerprint density at radius 2 is 1.81 bits per heavy atom. The van der Waals surface area contributed by atoms with Crippen LogP contribution in [-0.2, 0) is 11.0 Å². The highest BCUT2D eigenvalue weighted by molar-refractivity contribution is 5.98. The minimum absolute atomic E-state index is 0.00770. The molecule has 0 bridgehead atoms. The summed E-state index contributed by atoms with van der Waals surface area (Å²) in [4.78, 5) is 27.6. The first-order chi connectivity index (χ1) is 17.3. The van der Waals surface area contributed by atoms with Gasteiger partial charge < -0.3 is 16.0 Å². The summed E-state index contributed by atoms with van der Waals surface area (Å²) >= 11 is 0. The van der Waals surface area contributed by atoms with Gasteiger partial charge in [0.1, 0.15) is 0 Å². The largest absolute Gasteiger partial charge is 0.416 e. The molecule has 12 heteroatoms. The molecule has 2 aromatic rings. The van der Waals surface area contributed by atoms with E-state index in [9.17, 15) is 22.8 Å². The Hall–Kier alpha value is -3.33. The van der Waals surface area contributed by atoms with Crippen molar-refractivity contribution < 1.29 is 22.8 Å². The lowest BCUT2D eigenvalue weighted by atomic mass is 9.85. The third kappa shape index (κ3) is 6.33. The molecule has 2 fully saturated rings. The molecule has 3 N–H and O–H groups in total. The molecule has 0 radical (unpaired) electrons. The molecule has 200 valence electrons. The first kappa shape index (κ1) is 26.7. The first-order valence-corrected chi connectivity index (χ1v) is 12.4. The Labute approximate surface area is 213 Å². The third-order valence-electron chi connectivity index (χ3n) is 6.77. The molecule has 2 heterocycles. The highest BCUT2D eigenvalue weighted by Crippen LogP contribution is 2.34. The SMILES string of the molecule is CC(C)(C)NC(=O)n1nc(NCC(=O)NC2CN([C@H]3CC[C@@H](C#N)CC3)C2)c2cc(C(F)(F)F)ccc21. The van der Waals surface area contributed by atoms with E-state index < -0.39 is 23.3 Å².